The zero-order valence-electron chi connectivity index (χ0n) is 9.21. The van der Waals surface area contributed by atoms with Gasteiger partial charge in [0.2, 0.25) is 0 Å². The summed E-state index contributed by atoms with van der Waals surface area (Å²) in [5.74, 6) is 5.64. The Labute approximate surface area is 114 Å². The van der Waals surface area contributed by atoms with E-state index in [4.69, 9.17) is 29.0 Å². The number of aryl methyl sites for hydroxylation is 1. The first-order chi connectivity index (χ1) is 8.13. The Bertz CT molecular complexity index is 525. The molecule has 1 aromatic heterocycles. The van der Waals surface area contributed by atoms with E-state index >= 15 is 0 Å². The van der Waals surface area contributed by atoms with Crippen LogP contribution in [0.2, 0.25) is 10.0 Å². The number of rotatable bonds is 3. The van der Waals surface area contributed by atoms with Crippen LogP contribution in [0.3, 0.4) is 0 Å². The predicted molar refractivity (Wildman–Crippen MR) is 74.7 cm³/mol. The molecule has 0 aliphatic rings. The number of halogens is 2. The van der Waals surface area contributed by atoms with Gasteiger partial charge in [0.25, 0.3) is 0 Å². The molecule has 0 fully saturated rings. The van der Waals surface area contributed by atoms with E-state index in [2.05, 4.69) is 23.1 Å². The molecular weight excluding hydrogens is 275 g/mol. The molecule has 2 nitrogen and oxygen atoms in total. The highest BCUT2D eigenvalue weighted by atomic mass is 35.5. The summed E-state index contributed by atoms with van der Waals surface area (Å²) in [6.07, 6.45) is 0. The number of thiophene rings is 1. The van der Waals surface area contributed by atoms with Crippen LogP contribution in [-0.2, 0) is 0 Å². The Morgan fingerprint density at radius 3 is 2.59 bits per heavy atom. The minimum absolute atomic E-state index is 0.132. The molecule has 0 bridgehead atoms. The third kappa shape index (κ3) is 2.64. The summed E-state index contributed by atoms with van der Waals surface area (Å²) in [5, 5.41) is 5.45. The van der Waals surface area contributed by atoms with Crippen LogP contribution in [0.4, 0.5) is 0 Å². The van der Waals surface area contributed by atoms with Gasteiger partial charge in [-0.3, -0.25) is 5.84 Å². The second-order valence-electron chi connectivity index (χ2n) is 3.78. The molecule has 90 valence electrons. The number of hydrogen-bond donors (Lipinski definition) is 2. The van der Waals surface area contributed by atoms with E-state index in [9.17, 15) is 0 Å². The average molecular weight is 287 g/mol. The Hall–Kier alpha value is -0.580. The molecule has 5 heteroatoms. The lowest BCUT2D eigenvalue weighted by Gasteiger charge is -2.18. The van der Waals surface area contributed by atoms with E-state index in [1.807, 2.05) is 6.07 Å². The van der Waals surface area contributed by atoms with Crippen molar-refractivity contribution >= 4 is 34.5 Å². The number of hydrogen-bond acceptors (Lipinski definition) is 3. The number of benzene rings is 1. The molecule has 0 radical (unpaired) electrons. The summed E-state index contributed by atoms with van der Waals surface area (Å²) >= 11 is 13.8. The smallest absolute Gasteiger partial charge is 0.0735 e. The molecule has 0 spiro atoms. The van der Waals surface area contributed by atoms with Crippen molar-refractivity contribution in [2.45, 2.75) is 13.0 Å². The third-order valence-electron chi connectivity index (χ3n) is 2.64. The summed E-state index contributed by atoms with van der Waals surface area (Å²) in [6.45, 7) is 2.05. The molecule has 0 aliphatic heterocycles. The van der Waals surface area contributed by atoms with Gasteiger partial charge in [-0.15, -0.1) is 0 Å². The van der Waals surface area contributed by atoms with Gasteiger partial charge in [-0.1, -0.05) is 23.2 Å². The van der Waals surface area contributed by atoms with Crippen LogP contribution in [0.15, 0.2) is 29.0 Å². The van der Waals surface area contributed by atoms with Crippen LogP contribution >= 0.6 is 34.5 Å². The molecule has 0 saturated heterocycles. The zero-order chi connectivity index (χ0) is 12.4. The number of nitrogens with two attached hydrogens (primary N) is 1. The van der Waals surface area contributed by atoms with Gasteiger partial charge in [-0.05, 0) is 52.6 Å². The first kappa shape index (κ1) is 12.9. The monoisotopic (exact) mass is 286 g/mol. The molecule has 3 N–H and O–H groups in total. The highest BCUT2D eigenvalue weighted by Gasteiger charge is 2.18. The maximum atomic E-state index is 6.19. The third-order valence-corrected chi connectivity index (χ3v) is 4.10. The molecule has 1 heterocycles. The van der Waals surface area contributed by atoms with E-state index in [1.165, 1.54) is 5.56 Å². The fraction of sp³-hybridized carbons (Fsp3) is 0.167. The van der Waals surface area contributed by atoms with E-state index in [1.54, 1.807) is 23.5 Å². The largest absolute Gasteiger partial charge is 0.271 e. The van der Waals surface area contributed by atoms with Gasteiger partial charge in [0, 0.05) is 10.0 Å². The van der Waals surface area contributed by atoms with Gasteiger partial charge in [0.15, 0.2) is 0 Å². The Balaban J connectivity index is 2.49. The summed E-state index contributed by atoms with van der Waals surface area (Å²) in [5.41, 5.74) is 6.00. The van der Waals surface area contributed by atoms with Crippen LogP contribution < -0.4 is 11.3 Å². The fourth-order valence-electron chi connectivity index (χ4n) is 1.75. The number of nitrogens with one attached hydrogen (secondary N) is 1. The molecule has 1 atom stereocenters. The van der Waals surface area contributed by atoms with Crippen molar-refractivity contribution < 1.29 is 0 Å². The molecule has 17 heavy (non-hydrogen) atoms. The van der Waals surface area contributed by atoms with Crippen LogP contribution in [0, 0.1) is 6.92 Å². The standard InChI is InChI=1S/C12H12Cl2N2S/c1-7-5-17-6-10(7)12(16-15)9-4-8(13)2-3-11(9)14/h2-6,12,16H,15H2,1H3. The summed E-state index contributed by atoms with van der Waals surface area (Å²) in [4.78, 5) is 0. The maximum absolute atomic E-state index is 6.19. The quantitative estimate of drug-likeness (QED) is 0.663. The second-order valence-corrected chi connectivity index (χ2v) is 5.36. The molecular formula is C12H12Cl2N2S. The Morgan fingerprint density at radius 1 is 1.24 bits per heavy atom. The predicted octanol–water partition coefficient (Wildman–Crippen LogP) is 3.92. The normalized spacial score (nSPS) is 12.7. The van der Waals surface area contributed by atoms with Crippen molar-refractivity contribution in [2.24, 2.45) is 5.84 Å². The molecule has 0 saturated carbocycles. The van der Waals surface area contributed by atoms with Gasteiger partial charge in [-0.2, -0.15) is 11.3 Å². The molecule has 0 aliphatic carbocycles. The molecule has 1 unspecified atom stereocenters. The SMILES string of the molecule is Cc1cscc1C(NN)c1cc(Cl)ccc1Cl. The lowest BCUT2D eigenvalue weighted by atomic mass is 9.99. The lowest BCUT2D eigenvalue weighted by Crippen LogP contribution is -2.29. The highest BCUT2D eigenvalue weighted by Crippen LogP contribution is 2.32. The topological polar surface area (TPSA) is 38.0 Å². The summed E-state index contributed by atoms with van der Waals surface area (Å²) in [7, 11) is 0. The van der Waals surface area contributed by atoms with Crippen LogP contribution in [-0.4, -0.2) is 0 Å². The summed E-state index contributed by atoms with van der Waals surface area (Å²) in [6, 6.07) is 5.26. The van der Waals surface area contributed by atoms with Crippen molar-refractivity contribution in [1.29, 1.82) is 0 Å². The molecule has 0 amide bonds. The van der Waals surface area contributed by atoms with Crippen LogP contribution in [0.5, 0.6) is 0 Å². The zero-order valence-corrected chi connectivity index (χ0v) is 11.5. The highest BCUT2D eigenvalue weighted by molar-refractivity contribution is 7.08. The van der Waals surface area contributed by atoms with Crippen molar-refractivity contribution in [1.82, 2.24) is 5.43 Å². The van der Waals surface area contributed by atoms with Gasteiger partial charge < -0.3 is 0 Å². The molecule has 1 aromatic carbocycles. The Morgan fingerprint density at radius 2 is 2.00 bits per heavy atom. The summed E-state index contributed by atoms with van der Waals surface area (Å²) < 4.78 is 0. The van der Waals surface area contributed by atoms with E-state index in [0.29, 0.717) is 10.0 Å². The first-order valence-electron chi connectivity index (χ1n) is 5.07. The average Bonchev–Trinajstić information content (AvgIpc) is 2.71. The molecule has 2 aromatic rings. The Kier molecular flexibility index (Phi) is 4.07. The minimum atomic E-state index is -0.132. The van der Waals surface area contributed by atoms with Crippen LogP contribution in [0.1, 0.15) is 22.7 Å². The first-order valence-corrected chi connectivity index (χ1v) is 6.77. The minimum Gasteiger partial charge on any atom is -0.271 e. The fourth-order valence-corrected chi connectivity index (χ4v) is 3.03. The lowest BCUT2D eigenvalue weighted by molar-refractivity contribution is 0.636. The van der Waals surface area contributed by atoms with Crippen molar-refractivity contribution in [3.05, 3.63) is 55.7 Å². The van der Waals surface area contributed by atoms with E-state index in [-0.39, 0.29) is 6.04 Å². The van der Waals surface area contributed by atoms with Crippen LogP contribution in [0.25, 0.3) is 0 Å². The van der Waals surface area contributed by atoms with Gasteiger partial charge in [0.1, 0.15) is 0 Å². The van der Waals surface area contributed by atoms with Gasteiger partial charge >= 0.3 is 0 Å². The van der Waals surface area contributed by atoms with E-state index in [0.717, 1.165) is 11.1 Å². The molecule has 2 rings (SSSR count). The van der Waals surface area contributed by atoms with Crippen molar-refractivity contribution in [3.63, 3.8) is 0 Å². The van der Waals surface area contributed by atoms with Gasteiger partial charge in [-0.25, -0.2) is 5.43 Å². The second kappa shape index (κ2) is 5.38. The van der Waals surface area contributed by atoms with Crippen molar-refractivity contribution in [3.8, 4) is 0 Å². The van der Waals surface area contributed by atoms with Gasteiger partial charge in [0.05, 0.1) is 6.04 Å². The maximum Gasteiger partial charge on any atom is 0.0735 e. The van der Waals surface area contributed by atoms with Crippen molar-refractivity contribution in [2.75, 3.05) is 0 Å². The number of hydrazine groups is 1. The van der Waals surface area contributed by atoms with E-state index < -0.39 is 0 Å².